The first kappa shape index (κ1) is 16.9. The molecule has 6 nitrogen and oxygen atoms in total. The summed E-state index contributed by atoms with van der Waals surface area (Å²) in [5.74, 6) is 0.319. The van der Waals surface area contributed by atoms with E-state index in [-0.39, 0.29) is 23.5 Å². The van der Waals surface area contributed by atoms with E-state index in [1.165, 1.54) is 0 Å². The number of nitrogens with one attached hydrogen (secondary N) is 1. The number of carbonyl (C=O) groups is 1. The van der Waals surface area contributed by atoms with Crippen LogP contribution in [-0.2, 0) is 21.2 Å². The Morgan fingerprint density at radius 3 is 2.91 bits per heavy atom. The molecule has 1 N–H and O–H groups in total. The number of hydrogen-bond acceptors (Lipinski definition) is 5. The summed E-state index contributed by atoms with van der Waals surface area (Å²) in [5.41, 5.74) is 1.07. The molecule has 1 aliphatic heterocycles. The Bertz CT molecular complexity index is 589. The van der Waals surface area contributed by atoms with Crippen molar-refractivity contribution in [2.45, 2.75) is 32.4 Å². The molecule has 0 aliphatic carbocycles. The summed E-state index contributed by atoms with van der Waals surface area (Å²) in [7, 11) is -2.96. The molecule has 1 unspecified atom stereocenters. The van der Waals surface area contributed by atoms with Gasteiger partial charge in [0.1, 0.15) is 0 Å². The van der Waals surface area contributed by atoms with Crippen LogP contribution in [0.3, 0.4) is 0 Å². The van der Waals surface area contributed by atoms with Crippen LogP contribution in [0.2, 0.25) is 0 Å². The molecule has 122 valence electrons. The third-order valence-corrected chi connectivity index (χ3v) is 5.63. The van der Waals surface area contributed by atoms with Gasteiger partial charge < -0.3 is 10.2 Å². The Labute approximate surface area is 131 Å². The minimum absolute atomic E-state index is 0.0169. The summed E-state index contributed by atoms with van der Waals surface area (Å²) in [6, 6.07) is 3.70. The van der Waals surface area contributed by atoms with Gasteiger partial charge in [-0.2, -0.15) is 0 Å². The second kappa shape index (κ2) is 7.69. The lowest BCUT2D eigenvalue weighted by atomic mass is 10.2. The van der Waals surface area contributed by atoms with Crippen LogP contribution >= 0.6 is 0 Å². The summed E-state index contributed by atoms with van der Waals surface area (Å²) < 4.78 is 23.1. The zero-order chi connectivity index (χ0) is 16.0. The van der Waals surface area contributed by atoms with Gasteiger partial charge in [0.05, 0.1) is 11.5 Å². The Morgan fingerprint density at radius 1 is 1.50 bits per heavy atom. The van der Waals surface area contributed by atoms with Crippen molar-refractivity contribution in [2.75, 3.05) is 24.6 Å². The van der Waals surface area contributed by atoms with Crippen LogP contribution < -0.4 is 5.32 Å². The van der Waals surface area contributed by atoms with E-state index in [4.69, 9.17) is 0 Å². The topological polar surface area (TPSA) is 79.4 Å². The molecule has 1 aliphatic rings. The van der Waals surface area contributed by atoms with Gasteiger partial charge in [-0.1, -0.05) is 6.07 Å². The molecule has 1 fully saturated rings. The standard InChI is InChI=1S/C15H23N3O3S/c1-2-18(14-6-9-22(20,21)12-14)15(19)5-8-17-11-13-4-3-7-16-10-13/h3-4,7,10,14,17H,2,5-6,8-9,11-12H2,1H3. The van der Waals surface area contributed by atoms with Crippen molar-refractivity contribution in [1.29, 1.82) is 0 Å². The first-order valence-electron chi connectivity index (χ1n) is 7.61. The number of sulfone groups is 1. The zero-order valence-electron chi connectivity index (χ0n) is 12.9. The lowest BCUT2D eigenvalue weighted by molar-refractivity contribution is -0.132. The van der Waals surface area contributed by atoms with Crippen LogP contribution in [0.4, 0.5) is 0 Å². The number of nitrogens with zero attached hydrogens (tertiary/aromatic N) is 2. The Balaban J connectivity index is 1.75. The zero-order valence-corrected chi connectivity index (χ0v) is 13.7. The van der Waals surface area contributed by atoms with E-state index >= 15 is 0 Å². The third kappa shape index (κ3) is 4.78. The number of amides is 1. The molecular weight excluding hydrogens is 302 g/mol. The fourth-order valence-electron chi connectivity index (χ4n) is 2.73. The van der Waals surface area contributed by atoms with Gasteiger partial charge in [0.2, 0.25) is 5.91 Å². The number of carbonyl (C=O) groups excluding carboxylic acids is 1. The predicted octanol–water partition coefficient (Wildman–Crippen LogP) is 0.597. The summed E-state index contributed by atoms with van der Waals surface area (Å²) in [5, 5.41) is 3.21. The first-order chi connectivity index (χ1) is 10.5. The van der Waals surface area contributed by atoms with Crippen LogP contribution in [0.5, 0.6) is 0 Å². The molecule has 0 bridgehead atoms. The van der Waals surface area contributed by atoms with E-state index in [1.807, 2.05) is 19.1 Å². The van der Waals surface area contributed by atoms with Gasteiger partial charge in [0.25, 0.3) is 0 Å². The summed E-state index contributed by atoms with van der Waals surface area (Å²) in [6.07, 6.45) is 4.45. The minimum atomic E-state index is -2.96. The molecule has 1 amide bonds. The quantitative estimate of drug-likeness (QED) is 0.743. The number of pyridine rings is 1. The fourth-order valence-corrected chi connectivity index (χ4v) is 4.46. The lowest BCUT2D eigenvalue weighted by Gasteiger charge is -2.27. The van der Waals surface area contributed by atoms with Crippen molar-refractivity contribution in [3.8, 4) is 0 Å². The highest BCUT2D eigenvalue weighted by Crippen LogP contribution is 2.18. The van der Waals surface area contributed by atoms with Crippen LogP contribution in [0.1, 0.15) is 25.3 Å². The largest absolute Gasteiger partial charge is 0.339 e. The third-order valence-electron chi connectivity index (χ3n) is 3.88. The minimum Gasteiger partial charge on any atom is -0.339 e. The Hall–Kier alpha value is -1.47. The van der Waals surface area contributed by atoms with Gasteiger partial charge in [0, 0.05) is 44.5 Å². The van der Waals surface area contributed by atoms with Gasteiger partial charge in [0.15, 0.2) is 9.84 Å². The van der Waals surface area contributed by atoms with Crippen molar-refractivity contribution < 1.29 is 13.2 Å². The maximum atomic E-state index is 12.3. The number of rotatable bonds is 7. The molecule has 0 spiro atoms. The maximum Gasteiger partial charge on any atom is 0.224 e. The van der Waals surface area contributed by atoms with Gasteiger partial charge in [-0.3, -0.25) is 9.78 Å². The van der Waals surface area contributed by atoms with Crippen molar-refractivity contribution in [3.05, 3.63) is 30.1 Å². The molecule has 0 aromatic carbocycles. The van der Waals surface area contributed by atoms with Crippen LogP contribution in [0, 0.1) is 0 Å². The molecule has 0 saturated carbocycles. The molecule has 1 atom stereocenters. The van der Waals surface area contributed by atoms with Crippen molar-refractivity contribution in [3.63, 3.8) is 0 Å². The summed E-state index contributed by atoms with van der Waals surface area (Å²) in [6.45, 7) is 3.70. The van der Waals surface area contributed by atoms with Crippen molar-refractivity contribution in [2.24, 2.45) is 0 Å². The Kier molecular flexibility index (Phi) is 5.90. The summed E-state index contributed by atoms with van der Waals surface area (Å²) >= 11 is 0. The predicted molar refractivity (Wildman–Crippen MR) is 85.0 cm³/mol. The van der Waals surface area contributed by atoms with Crippen molar-refractivity contribution in [1.82, 2.24) is 15.2 Å². The van der Waals surface area contributed by atoms with Crippen molar-refractivity contribution >= 4 is 15.7 Å². The number of hydrogen-bond donors (Lipinski definition) is 1. The van der Waals surface area contributed by atoms with Crippen LogP contribution in [0.25, 0.3) is 0 Å². The van der Waals surface area contributed by atoms with E-state index in [0.717, 1.165) is 5.56 Å². The van der Waals surface area contributed by atoms with Gasteiger partial charge in [-0.05, 0) is 25.0 Å². The highest BCUT2D eigenvalue weighted by molar-refractivity contribution is 7.91. The van der Waals surface area contributed by atoms with E-state index in [2.05, 4.69) is 10.3 Å². The van der Waals surface area contributed by atoms with E-state index in [9.17, 15) is 13.2 Å². The van der Waals surface area contributed by atoms with E-state index in [0.29, 0.717) is 32.5 Å². The lowest BCUT2D eigenvalue weighted by Crippen LogP contribution is -2.41. The molecule has 1 aromatic rings. The molecular formula is C15H23N3O3S. The molecule has 0 radical (unpaired) electrons. The molecule has 2 rings (SSSR count). The maximum absolute atomic E-state index is 12.3. The fraction of sp³-hybridized carbons (Fsp3) is 0.600. The molecule has 7 heteroatoms. The smallest absolute Gasteiger partial charge is 0.224 e. The second-order valence-corrected chi connectivity index (χ2v) is 7.75. The average Bonchev–Trinajstić information content (AvgIpc) is 2.85. The van der Waals surface area contributed by atoms with Crippen LogP contribution in [-0.4, -0.2) is 54.8 Å². The van der Waals surface area contributed by atoms with Gasteiger partial charge >= 0.3 is 0 Å². The Morgan fingerprint density at radius 2 is 2.32 bits per heavy atom. The molecule has 2 heterocycles. The molecule has 22 heavy (non-hydrogen) atoms. The van der Waals surface area contributed by atoms with E-state index < -0.39 is 9.84 Å². The molecule has 1 aromatic heterocycles. The second-order valence-electron chi connectivity index (χ2n) is 5.52. The monoisotopic (exact) mass is 325 g/mol. The van der Waals surface area contributed by atoms with Gasteiger partial charge in [-0.15, -0.1) is 0 Å². The normalized spacial score (nSPS) is 20.0. The molecule has 1 saturated heterocycles. The van der Waals surface area contributed by atoms with Crippen LogP contribution in [0.15, 0.2) is 24.5 Å². The van der Waals surface area contributed by atoms with E-state index in [1.54, 1.807) is 17.3 Å². The summed E-state index contributed by atoms with van der Waals surface area (Å²) in [4.78, 5) is 18.0. The SMILES string of the molecule is CCN(C(=O)CCNCc1cccnc1)C1CCS(=O)(=O)C1. The number of aromatic nitrogens is 1. The average molecular weight is 325 g/mol. The van der Waals surface area contributed by atoms with Gasteiger partial charge in [-0.25, -0.2) is 8.42 Å². The first-order valence-corrected chi connectivity index (χ1v) is 9.43. The highest BCUT2D eigenvalue weighted by atomic mass is 32.2. The highest BCUT2D eigenvalue weighted by Gasteiger charge is 2.33.